The smallest absolute Gasteiger partial charge is 0.139 e. The lowest BCUT2D eigenvalue weighted by atomic mass is 10.0. The van der Waals surface area contributed by atoms with Gasteiger partial charge in [0.1, 0.15) is 30.1 Å². The number of aryl methyl sites for hydroxylation is 1. The van der Waals surface area contributed by atoms with Crippen molar-refractivity contribution in [2.75, 3.05) is 44.7 Å². The number of nitrogens with one attached hydrogen (secondary N) is 2. The summed E-state index contributed by atoms with van der Waals surface area (Å²) in [6.45, 7) is 8.02. The van der Waals surface area contributed by atoms with Crippen LogP contribution in [0.15, 0.2) is 36.0 Å². The normalized spacial score (nSPS) is 15.6. The zero-order chi connectivity index (χ0) is 17.1. The Labute approximate surface area is 151 Å². The van der Waals surface area contributed by atoms with Gasteiger partial charge in [-0.05, 0) is 12.5 Å². The first-order valence-electron chi connectivity index (χ1n) is 8.76. The van der Waals surface area contributed by atoms with Crippen molar-refractivity contribution in [2.45, 2.75) is 6.92 Å². The van der Waals surface area contributed by atoms with Gasteiger partial charge in [0, 0.05) is 10.9 Å². The van der Waals surface area contributed by atoms with Crippen molar-refractivity contribution < 1.29 is 9.64 Å². The van der Waals surface area contributed by atoms with E-state index in [-0.39, 0.29) is 0 Å². The first-order chi connectivity index (χ1) is 12.3. The number of aromatic nitrogens is 2. The molecule has 1 saturated heterocycles. The molecule has 0 bridgehead atoms. The SMILES string of the molecule is Cc1ccc(-c2csc3ncnc(NCC[NH+]4CCOCC4)c23)cc1. The molecule has 4 rings (SSSR count). The molecule has 0 aliphatic carbocycles. The summed E-state index contributed by atoms with van der Waals surface area (Å²) in [6, 6.07) is 8.64. The van der Waals surface area contributed by atoms with Crippen LogP contribution in [0.5, 0.6) is 0 Å². The number of nitrogens with zero attached hydrogens (tertiary/aromatic N) is 2. The van der Waals surface area contributed by atoms with Crippen LogP contribution < -0.4 is 10.2 Å². The topological polar surface area (TPSA) is 51.5 Å². The Morgan fingerprint density at radius 3 is 2.76 bits per heavy atom. The Morgan fingerprint density at radius 2 is 1.96 bits per heavy atom. The fourth-order valence-corrected chi connectivity index (χ4v) is 4.14. The second-order valence-electron chi connectivity index (χ2n) is 6.46. The maximum absolute atomic E-state index is 5.42. The van der Waals surface area contributed by atoms with E-state index in [1.54, 1.807) is 22.6 Å². The zero-order valence-electron chi connectivity index (χ0n) is 14.4. The molecule has 1 aromatic carbocycles. The first kappa shape index (κ1) is 16.4. The molecule has 25 heavy (non-hydrogen) atoms. The molecule has 130 valence electrons. The highest BCUT2D eigenvalue weighted by Gasteiger charge is 2.15. The summed E-state index contributed by atoms with van der Waals surface area (Å²) in [4.78, 5) is 11.6. The predicted octanol–water partition coefficient (Wildman–Crippen LogP) is 1.99. The highest BCUT2D eigenvalue weighted by molar-refractivity contribution is 7.17. The van der Waals surface area contributed by atoms with Crippen molar-refractivity contribution in [2.24, 2.45) is 0 Å². The number of rotatable bonds is 5. The molecule has 0 radical (unpaired) electrons. The van der Waals surface area contributed by atoms with Crippen LogP contribution in [0, 0.1) is 6.92 Å². The molecule has 0 spiro atoms. The second-order valence-corrected chi connectivity index (χ2v) is 7.32. The highest BCUT2D eigenvalue weighted by atomic mass is 32.1. The van der Waals surface area contributed by atoms with Gasteiger partial charge in [-0.2, -0.15) is 0 Å². The van der Waals surface area contributed by atoms with Gasteiger partial charge in [0.2, 0.25) is 0 Å². The van der Waals surface area contributed by atoms with E-state index in [1.165, 1.54) is 16.7 Å². The molecule has 0 saturated carbocycles. The van der Waals surface area contributed by atoms with E-state index in [2.05, 4.69) is 51.9 Å². The van der Waals surface area contributed by atoms with E-state index < -0.39 is 0 Å². The summed E-state index contributed by atoms with van der Waals surface area (Å²) < 4.78 is 5.42. The van der Waals surface area contributed by atoms with Crippen LogP contribution in [-0.4, -0.2) is 49.4 Å². The zero-order valence-corrected chi connectivity index (χ0v) is 15.2. The maximum Gasteiger partial charge on any atom is 0.139 e. The van der Waals surface area contributed by atoms with Crippen molar-refractivity contribution in [1.29, 1.82) is 0 Å². The largest absolute Gasteiger partial charge is 0.370 e. The molecular weight excluding hydrogens is 332 g/mol. The fraction of sp³-hybridized carbons (Fsp3) is 0.368. The lowest BCUT2D eigenvalue weighted by molar-refractivity contribution is -0.906. The third-order valence-electron chi connectivity index (χ3n) is 4.70. The van der Waals surface area contributed by atoms with E-state index in [1.807, 2.05) is 0 Å². The van der Waals surface area contributed by atoms with Gasteiger partial charge in [-0.3, -0.25) is 0 Å². The monoisotopic (exact) mass is 355 g/mol. The Balaban J connectivity index is 1.56. The predicted molar refractivity (Wildman–Crippen MR) is 102 cm³/mol. The van der Waals surface area contributed by atoms with Crippen LogP contribution in [0.4, 0.5) is 5.82 Å². The number of quaternary nitrogens is 1. The number of ether oxygens (including phenoxy) is 1. The molecule has 6 heteroatoms. The molecule has 5 nitrogen and oxygen atoms in total. The van der Waals surface area contributed by atoms with Gasteiger partial charge in [-0.25, -0.2) is 9.97 Å². The Morgan fingerprint density at radius 1 is 1.16 bits per heavy atom. The van der Waals surface area contributed by atoms with Crippen molar-refractivity contribution in [1.82, 2.24) is 9.97 Å². The third-order valence-corrected chi connectivity index (χ3v) is 5.59. The number of benzene rings is 1. The van der Waals surface area contributed by atoms with Gasteiger partial charge in [0.05, 0.1) is 31.7 Å². The van der Waals surface area contributed by atoms with Crippen molar-refractivity contribution in [3.05, 3.63) is 41.5 Å². The minimum atomic E-state index is 0.870. The lowest BCUT2D eigenvalue weighted by Gasteiger charge is -2.23. The van der Waals surface area contributed by atoms with Crippen LogP contribution in [0.2, 0.25) is 0 Å². The number of fused-ring (bicyclic) bond motifs is 1. The van der Waals surface area contributed by atoms with Crippen LogP contribution in [0.3, 0.4) is 0 Å². The second kappa shape index (κ2) is 7.47. The molecule has 1 fully saturated rings. The van der Waals surface area contributed by atoms with Gasteiger partial charge < -0.3 is 15.0 Å². The van der Waals surface area contributed by atoms with Crippen molar-refractivity contribution in [3.8, 4) is 11.1 Å². The molecule has 2 aromatic heterocycles. The summed E-state index contributed by atoms with van der Waals surface area (Å²) in [7, 11) is 0. The van der Waals surface area contributed by atoms with E-state index in [0.717, 1.165) is 55.4 Å². The Bertz CT molecular complexity index is 840. The molecule has 0 atom stereocenters. The standard InChI is InChI=1S/C19H22N4OS/c1-14-2-4-15(5-3-14)16-12-25-19-17(16)18(21-13-22-19)20-6-7-23-8-10-24-11-9-23/h2-5,12-13H,6-11H2,1H3,(H,20,21,22)/p+1. The molecule has 3 heterocycles. The summed E-state index contributed by atoms with van der Waals surface area (Å²) in [5, 5.41) is 6.85. The van der Waals surface area contributed by atoms with Crippen LogP contribution in [0.1, 0.15) is 5.56 Å². The van der Waals surface area contributed by atoms with Crippen molar-refractivity contribution in [3.63, 3.8) is 0 Å². The number of anilines is 1. The quantitative estimate of drug-likeness (QED) is 0.735. The number of hydrogen-bond donors (Lipinski definition) is 2. The fourth-order valence-electron chi connectivity index (χ4n) is 3.22. The van der Waals surface area contributed by atoms with Gasteiger partial charge >= 0.3 is 0 Å². The minimum absolute atomic E-state index is 0.870. The van der Waals surface area contributed by atoms with Crippen LogP contribution in [0.25, 0.3) is 21.3 Å². The molecule has 1 aliphatic rings. The van der Waals surface area contributed by atoms with Crippen LogP contribution in [-0.2, 0) is 4.74 Å². The number of thiophene rings is 1. The van der Waals surface area contributed by atoms with E-state index in [0.29, 0.717) is 0 Å². The average molecular weight is 355 g/mol. The van der Waals surface area contributed by atoms with Crippen LogP contribution >= 0.6 is 11.3 Å². The molecule has 3 aromatic rings. The summed E-state index contributed by atoms with van der Waals surface area (Å²) in [5.41, 5.74) is 3.70. The molecule has 2 N–H and O–H groups in total. The molecule has 1 aliphatic heterocycles. The summed E-state index contributed by atoms with van der Waals surface area (Å²) >= 11 is 1.68. The highest BCUT2D eigenvalue weighted by Crippen LogP contribution is 2.36. The van der Waals surface area contributed by atoms with E-state index in [9.17, 15) is 0 Å². The van der Waals surface area contributed by atoms with Gasteiger partial charge in [0.25, 0.3) is 0 Å². The number of hydrogen-bond acceptors (Lipinski definition) is 5. The van der Waals surface area contributed by atoms with Gasteiger partial charge in [-0.15, -0.1) is 11.3 Å². The molecule has 0 unspecified atom stereocenters. The first-order valence-corrected chi connectivity index (χ1v) is 9.63. The van der Waals surface area contributed by atoms with E-state index in [4.69, 9.17) is 4.74 Å². The lowest BCUT2D eigenvalue weighted by Crippen LogP contribution is -3.14. The number of morpholine rings is 1. The van der Waals surface area contributed by atoms with Gasteiger partial charge in [-0.1, -0.05) is 29.8 Å². The Kier molecular flexibility index (Phi) is 4.92. The maximum atomic E-state index is 5.42. The third kappa shape index (κ3) is 3.66. The van der Waals surface area contributed by atoms with Crippen molar-refractivity contribution >= 4 is 27.4 Å². The summed E-state index contributed by atoms with van der Waals surface area (Å²) in [5.74, 6) is 0.939. The molecule has 0 amide bonds. The molecular formula is C19H23N4OS+. The average Bonchev–Trinajstić information content (AvgIpc) is 3.08. The van der Waals surface area contributed by atoms with E-state index >= 15 is 0 Å². The Hall–Kier alpha value is -2.02. The minimum Gasteiger partial charge on any atom is -0.370 e. The van der Waals surface area contributed by atoms with Gasteiger partial charge in [0.15, 0.2) is 0 Å². The summed E-state index contributed by atoms with van der Waals surface area (Å²) in [6.07, 6.45) is 1.65.